The largest absolute Gasteiger partial charge is 0.497 e. The smallest absolute Gasteiger partial charge is 0.180 e. The molecule has 0 radical (unpaired) electrons. The van der Waals surface area contributed by atoms with Gasteiger partial charge in [0.25, 0.3) is 0 Å². The molecule has 0 fully saturated rings. The van der Waals surface area contributed by atoms with E-state index in [9.17, 15) is 0 Å². The molecule has 0 aliphatic carbocycles. The second-order valence-electron chi connectivity index (χ2n) is 6.20. The fourth-order valence-electron chi connectivity index (χ4n) is 2.77. The third kappa shape index (κ3) is 3.81. The Morgan fingerprint density at radius 2 is 1.54 bits per heavy atom. The van der Waals surface area contributed by atoms with Gasteiger partial charge in [-0.15, -0.1) is 0 Å². The third-order valence-corrected chi connectivity index (χ3v) is 4.25. The molecule has 0 aliphatic heterocycles. The van der Waals surface area contributed by atoms with E-state index in [0.717, 1.165) is 28.4 Å². The van der Waals surface area contributed by atoms with E-state index in [1.165, 1.54) is 0 Å². The first kappa shape index (κ1) is 17.6. The van der Waals surface area contributed by atoms with Gasteiger partial charge in [0.05, 0.1) is 18.5 Å². The van der Waals surface area contributed by atoms with Crippen molar-refractivity contribution in [2.45, 2.75) is 6.92 Å². The van der Waals surface area contributed by atoms with Crippen molar-refractivity contribution in [2.24, 2.45) is 0 Å². The summed E-state index contributed by atoms with van der Waals surface area (Å²) in [5.41, 5.74) is 4.19. The summed E-state index contributed by atoms with van der Waals surface area (Å²) >= 11 is 0. The molecule has 3 heterocycles. The number of nitrogens with one attached hydrogen (secondary N) is 1. The van der Waals surface area contributed by atoms with Crippen LogP contribution in [0.25, 0.3) is 22.9 Å². The van der Waals surface area contributed by atoms with Crippen molar-refractivity contribution in [1.29, 1.82) is 0 Å². The fourth-order valence-corrected chi connectivity index (χ4v) is 2.77. The van der Waals surface area contributed by atoms with Gasteiger partial charge in [0.2, 0.25) is 0 Å². The van der Waals surface area contributed by atoms with Crippen LogP contribution in [0.4, 0.5) is 11.5 Å². The number of aromatic nitrogens is 4. The zero-order valence-corrected chi connectivity index (χ0v) is 15.6. The minimum absolute atomic E-state index is 0.534. The maximum absolute atomic E-state index is 5.34. The zero-order chi connectivity index (χ0) is 19.3. The number of rotatable bonds is 5. The SMILES string of the molecule is COc1ccc(C)c(Nc2cc(-c3ccccn3)nc(-c3ccccn3)n2)c1. The second-order valence-corrected chi connectivity index (χ2v) is 6.20. The molecule has 0 spiro atoms. The molecular formula is C22H19N5O. The molecule has 0 saturated carbocycles. The molecule has 4 aromatic rings. The van der Waals surface area contributed by atoms with E-state index in [4.69, 9.17) is 4.74 Å². The van der Waals surface area contributed by atoms with Gasteiger partial charge in [0, 0.05) is 30.2 Å². The summed E-state index contributed by atoms with van der Waals surface area (Å²) < 4.78 is 5.34. The minimum atomic E-state index is 0.534. The van der Waals surface area contributed by atoms with Crippen LogP contribution >= 0.6 is 0 Å². The minimum Gasteiger partial charge on any atom is -0.497 e. The van der Waals surface area contributed by atoms with Gasteiger partial charge in [0.1, 0.15) is 17.3 Å². The number of ether oxygens (including phenoxy) is 1. The molecule has 0 unspecified atom stereocenters. The Hall–Kier alpha value is -3.80. The average molecular weight is 369 g/mol. The standard InChI is InChI=1S/C22H19N5O/c1-15-9-10-16(28-2)13-19(15)25-21-14-20(17-7-3-5-11-23-17)26-22(27-21)18-8-4-6-12-24-18/h3-14H,1-2H3,(H,25,26,27). The molecule has 6 heteroatoms. The summed E-state index contributed by atoms with van der Waals surface area (Å²) in [6.07, 6.45) is 3.47. The van der Waals surface area contributed by atoms with Crippen molar-refractivity contribution >= 4 is 11.5 Å². The molecule has 0 atom stereocenters. The Morgan fingerprint density at radius 3 is 2.21 bits per heavy atom. The molecule has 4 rings (SSSR count). The highest BCUT2D eigenvalue weighted by Gasteiger charge is 2.11. The highest BCUT2D eigenvalue weighted by atomic mass is 16.5. The molecular weight excluding hydrogens is 350 g/mol. The number of hydrogen-bond acceptors (Lipinski definition) is 6. The molecule has 0 aliphatic rings. The van der Waals surface area contributed by atoms with E-state index in [1.54, 1.807) is 19.5 Å². The van der Waals surface area contributed by atoms with E-state index in [0.29, 0.717) is 17.3 Å². The first-order valence-electron chi connectivity index (χ1n) is 8.86. The van der Waals surface area contributed by atoms with Crippen LogP contribution in [0.3, 0.4) is 0 Å². The van der Waals surface area contributed by atoms with Crippen LogP contribution in [-0.2, 0) is 0 Å². The lowest BCUT2D eigenvalue weighted by Gasteiger charge is -2.13. The van der Waals surface area contributed by atoms with Crippen molar-refractivity contribution in [1.82, 2.24) is 19.9 Å². The van der Waals surface area contributed by atoms with Crippen LogP contribution < -0.4 is 10.1 Å². The van der Waals surface area contributed by atoms with E-state index < -0.39 is 0 Å². The second kappa shape index (κ2) is 7.84. The molecule has 1 aromatic carbocycles. The highest BCUT2D eigenvalue weighted by Crippen LogP contribution is 2.27. The first-order valence-corrected chi connectivity index (χ1v) is 8.86. The third-order valence-electron chi connectivity index (χ3n) is 4.25. The van der Waals surface area contributed by atoms with E-state index in [1.807, 2.05) is 67.6 Å². The van der Waals surface area contributed by atoms with Crippen LogP contribution in [0.2, 0.25) is 0 Å². The van der Waals surface area contributed by atoms with Gasteiger partial charge in [-0.1, -0.05) is 18.2 Å². The van der Waals surface area contributed by atoms with Gasteiger partial charge in [0.15, 0.2) is 5.82 Å². The van der Waals surface area contributed by atoms with E-state index >= 15 is 0 Å². The van der Waals surface area contributed by atoms with Crippen molar-refractivity contribution in [3.63, 3.8) is 0 Å². The predicted octanol–water partition coefficient (Wildman–Crippen LogP) is 4.66. The van der Waals surface area contributed by atoms with Gasteiger partial charge in [-0.05, 0) is 42.8 Å². The molecule has 0 bridgehead atoms. The molecule has 0 amide bonds. The lowest BCUT2D eigenvalue weighted by atomic mass is 10.2. The zero-order valence-electron chi connectivity index (χ0n) is 15.6. The molecule has 1 N–H and O–H groups in total. The van der Waals surface area contributed by atoms with Crippen LogP contribution in [-0.4, -0.2) is 27.0 Å². The van der Waals surface area contributed by atoms with Gasteiger partial charge in [-0.3, -0.25) is 9.97 Å². The molecule has 28 heavy (non-hydrogen) atoms. The fraction of sp³-hybridized carbons (Fsp3) is 0.0909. The van der Waals surface area contributed by atoms with E-state index in [2.05, 4.69) is 25.3 Å². The monoisotopic (exact) mass is 369 g/mol. The molecule has 3 aromatic heterocycles. The summed E-state index contributed by atoms with van der Waals surface area (Å²) in [5, 5.41) is 3.38. The number of aryl methyl sites for hydroxylation is 1. The molecule has 0 saturated heterocycles. The van der Waals surface area contributed by atoms with Crippen molar-refractivity contribution < 1.29 is 4.74 Å². The number of anilines is 2. The molecule has 138 valence electrons. The summed E-state index contributed by atoms with van der Waals surface area (Å²) in [5.74, 6) is 1.97. The number of benzene rings is 1. The molecule has 6 nitrogen and oxygen atoms in total. The van der Waals surface area contributed by atoms with Crippen LogP contribution in [0.1, 0.15) is 5.56 Å². The Labute approximate surface area is 163 Å². The topological polar surface area (TPSA) is 72.8 Å². The Balaban J connectivity index is 1.80. The van der Waals surface area contributed by atoms with E-state index in [-0.39, 0.29) is 0 Å². The Morgan fingerprint density at radius 1 is 0.786 bits per heavy atom. The van der Waals surface area contributed by atoms with Gasteiger partial charge in [-0.25, -0.2) is 9.97 Å². The normalized spacial score (nSPS) is 10.5. The maximum atomic E-state index is 5.34. The van der Waals surface area contributed by atoms with Crippen LogP contribution in [0.15, 0.2) is 73.1 Å². The first-order chi connectivity index (χ1) is 13.7. The van der Waals surface area contributed by atoms with Gasteiger partial charge in [-0.2, -0.15) is 0 Å². The van der Waals surface area contributed by atoms with Crippen LogP contribution in [0.5, 0.6) is 5.75 Å². The van der Waals surface area contributed by atoms with Crippen molar-refractivity contribution in [3.8, 4) is 28.7 Å². The number of hydrogen-bond donors (Lipinski definition) is 1. The highest BCUT2D eigenvalue weighted by molar-refractivity contribution is 5.69. The predicted molar refractivity (Wildman–Crippen MR) is 110 cm³/mol. The number of nitrogens with zero attached hydrogens (tertiary/aromatic N) is 4. The summed E-state index contributed by atoms with van der Waals surface area (Å²) in [6, 6.07) is 19.2. The Kier molecular flexibility index (Phi) is 4.93. The lowest BCUT2D eigenvalue weighted by Crippen LogP contribution is -2.02. The number of methoxy groups -OCH3 is 1. The van der Waals surface area contributed by atoms with Gasteiger partial charge >= 0.3 is 0 Å². The van der Waals surface area contributed by atoms with Gasteiger partial charge < -0.3 is 10.1 Å². The number of pyridine rings is 2. The quantitative estimate of drug-likeness (QED) is 0.551. The Bertz CT molecular complexity index is 1030. The lowest BCUT2D eigenvalue weighted by molar-refractivity contribution is 0.415. The summed E-state index contributed by atoms with van der Waals surface area (Å²) in [6.45, 7) is 2.03. The average Bonchev–Trinajstić information content (AvgIpc) is 2.76. The van der Waals surface area contributed by atoms with Crippen molar-refractivity contribution in [3.05, 3.63) is 78.6 Å². The summed E-state index contributed by atoms with van der Waals surface area (Å²) in [4.78, 5) is 18.1. The van der Waals surface area contributed by atoms with Crippen molar-refractivity contribution in [2.75, 3.05) is 12.4 Å². The summed E-state index contributed by atoms with van der Waals surface area (Å²) in [7, 11) is 1.65. The maximum Gasteiger partial charge on any atom is 0.180 e. The van der Waals surface area contributed by atoms with Crippen LogP contribution in [0, 0.1) is 6.92 Å².